The molecule has 0 saturated carbocycles. The molecular formula is C21H23NO3. The molecular weight excluding hydrogens is 314 g/mol. The lowest BCUT2D eigenvalue weighted by molar-refractivity contribution is -0.146. The fraction of sp³-hybridized carbons (Fsp3) is 0.333. The first-order chi connectivity index (χ1) is 12.2. The van der Waals surface area contributed by atoms with Crippen molar-refractivity contribution in [2.45, 2.75) is 38.7 Å². The summed E-state index contributed by atoms with van der Waals surface area (Å²) in [5, 5.41) is 0. The number of carbonyl (C=O) groups excluding carboxylic acids is 2. The Hall–Kier alpha value is -2.62. The van der Waals surface area contributed by atoms with Crippen molar-refractivity contribution in [2.75, 3.05) is 6.54 Å². The maximum Gasteiger partial charge on any atom is 0.229 e. The van der Waals surface area contributed by atoms with E-state index in [0.717, 1.165) is 29.7 Å². The largest absolute Gasteiger partial charge is 0.489 e. The number of imide groups is 1. The number of benzene rings is 2. The highest BCUT2D eigenvalue weighted by Crippen LogP contribution is 2.17. The van der Waals surface area contributed by atoms with Gasteiger partial charge in [-0.3, -0.25) is 14.5 Å². The van der Waals surface area contributed by atoms with Crippen molar-refractivity contribution in [3.63, 3.8) is 0 Å². The van der Waals surface area contributed by atoms with Crippen LogP contribution in [0.15, 0.2) is 54.6 Å². The number of piperidine rings is 1. The van der Waals surface area contributed by atoms with Crippen LogP contribution in [0.1, 0.15) is 36.8 Å². The Morgan fingerprint density at radius 1 is 0.960 bits per heavy atom. The fourth-order valence-electron chi connectivity index (χ4n) is 2.95. The van der Waals surface area contributed by atoms with E-state index in [2.05, 4.69) is 0 Å². The summed E-state index contributed by atoms with van der Waals surface area (Å²) in [6, 6.07) is 17.8. The Balaban J connectivity index is 1.47. The Kier molecular flexibility index (Phi) is 5.83. The van der Waals surface area contributed by atoms with Crippen LogP contribution < -0.4 is 4.74 Å². The monoisotopic (exact) mass is 337 g/mol. The van der Waals surface area contributed by atoms with Gasteiger partial charge in [0.15, 0.2) is 0 Å². The number of amides is 2. The van der Waals surface area contributed by atoms with E-state index in [-0.39, 0.29) is 11.8 Å². The Bertz CT molecular complexity index is 710. The number of hydrogen-bond donors (Lipinski definition) is 0. The van der Waals surface area contributed by atoms with Gasteiger partial charge in [-0.15, -0.1) is 0 Å². The smallest absolute Gasteiger partial charge is 0.229 e. The molecule has 0 unspecified atom stereocenters. The van der Waals surface area contributed by atoms with E-state index in [4.69, 9.17) is 4.74 Å². The molecule has 1 fully saturated rings. The summed E-state index contributed by atoms with van der Waals surface area (Å²) in [5.74, 6) is 0.722. The molecule has 0 spiro atoms. The molecule has 0 bridgehead atoms. The van der Waals surface area contributed by atoms with Crippen LogP contribution in [0.2, 0.25) is 0 Å². The fourth-order valence-corrected chi connectivity index (χ4v) is 2.95. The zero-order valence-corrected chi connectivity index (χ0v) is 14.3. The van der Waals surface area contributed by atoms with E-state index in [1.807, 2.05) is 54.6 Å². The van der Waals surface area contributed by atoms with Crippen molar-refractivity contribution in [3.8, 4) is 5.75 Å². The predicted molar refractivity (Wildman–Crippen MR) is 96.1 cm³/mol. The molecule has 0 atom stereocenters. The molecule has 4 nitrogen and oxygen atoms in total. The van der Waals surface area contributed by atoms with E-state index in [1.54, 1.807) is 0 Å². The second-order valence-corrected chi connectivity index (χ2v) is 6.31. The zero-order valence-electron chi connectivity index (χ0n) is 14.3. The minimum atomic E-state index is -0.0610. The number of likely N-dealkylation sites (tertiary alicyclic amines) is 1. The van der Waals surface area contributed by atoms with Gasteiger partial charge in [0.1, 0.15) is 12.4 Å². The topological polar surface area (TPSA) is 46.6 Å². The van der Waals surface area contributed by atoms with Crippen molar-refractivity contribution in [1.82, 2.24) is 4.90 Å². The first kappa shape index (κ1) is 17.2. The van der Waals surface area contributed by atoms with Gasteiger partial charge in [-0.1, -0.05) is 42.5 Å². The minimum Gasteiger partial charge on any atom is -0.489 e. The standard InChI is InChI=1S/C21H23NO3/c23-20-8-4-5-15-22(20)21(24)14-11-17-9-12-19(13-10-17)25-16-18-6-2-1-3-7-18/h1-3,6-7,9-10,12-13H,4-5,8,11,14-16H2. The first-order valence-electron chi connectivity index (χ1n) is 8.81. The molecule has 1 aliphatic rings. The highest BCUT2D eigenvalue weighted by Gasteiger charge is 2.23. The lowest BCUT2D eigenvalue weighted by Gasteiger charge is -2.24. The third-order valence-electron chi connectivity index (χ3n) is 4.42. The molecule has 3 rings (SSSR count). The highest BCUT2D eigenvalue weighted by molar-refractivity contribution is 5.95. The Morgan fingerprint density at radius 3 is 2.44 bits per heavy atom. The van der Waals surface area contributed by atoms with Crippen LogP contribution in [-0.4, -0.2) is 23.3 Å². The van der Waals surface area contributed by atoms with Crippen molar-refractivity contribution in [2.24, 2.45) is 0 Å². The van der Waals surface area contributed by atoms with Gasteiger partial charge >= 0.3 is 0 Å². The second-order valence-electron chi connectivity index (χ2n) is 6.31. The zero-order chi connectivity index (χ0) is 17.5. The van der Waals surface area contributed by atoms with Crippen molar-refractivity contribution >= 4 is 11.8 Å². The van der Waals surface area contributed by atoms with Crippen LogP contribution in [-0.2, 0) is 22.6 Å². The molecule has 25 heavy (non-hydrogen) atoms. The summed E-state index contributed by atoms with van der Waals surface area (Å²) in [6.07, 6.45) is 3.33. The summed E-state index contributed by atoms with van der Waals surface area (Å²) in [7, 11) is 0. The minimum absolute atomic E-state index is 0.0269. The van der Waals surface area contributed by atoms with Crippen molar-refractivity contribution in [1.29, 1.82) is 0 Å². The third-order valence-corrected chi connectivity index (χ3v) is 4.42. The number of aryl methyl sites for hydroxylation is 1. The number of nitrogens with zero attached hydrogens (tertiary/aromatic N) is 1. The molecule has 2 amide bonds. The molecule has 2 aromatic rings. The lowest BCUT2D eigenvalue weighted by Crippen LogP contribution is -2.40. The van der Waals surface area contributed by atoms with Gasteiger partial charge in [-0.05, 0) is 42.5 Å². The van der Waals surface area contributed by atoms with Crippen molar-refractivity contribution < 1.29 is 14.3 Å². The van der Waals surface area contributed by atoms with Crippen LogP contribution in [0.4, 0.5) is 0 Å². The maximum absolute atomic E-state index is 12.2. The van der Waals surface area contributed by atoms with Crippen LogP contribution >= 0.6 is 0 Å². The van der Waals surface area contributed by atoms with Gasteiger partial charge in [0.05, 0.1) is 0 Å². The summed E-state index contributed by atoms with van der Waals surface area (Å²) in [5.41, 5.74) is 2.20. The van der Waals surface area contributed by atoms with Crippen LogP contribution in [0.25, 0.3) is 0 Å². The number of ether oxygens (including phenoxy) is 1. The van der Waals surface area contributed by atoms with Gasteiger partial charge in [0.2, 0.25) is 11.8 Å². The number of rotatable bonds is 6. The number of hydrogen-bond acceptors (Lipinski definition) is 3. The summed E-state index contributed by atoms with van der Waals surface area (Å²) in [4.78, 5) is 25.4. The van der Waals surface area contributed by atoms with Crippen LogP contribution in [0.3, 0.4) is 0 Å². The quantitative estimate of drug-likeness (QED) is 0.807. The van der Waals surface area contributed by atoms with E-state index < -0.39 is 0 Å². The highest BCUT2D eigenvalue weighted by atomic mass is 16.5. The van der Waals surface area contributed by atoms with E-state index in [9.17, 15) is 9.59 Å². The Labute approximate surface area is 148 Å². The molecule has 0 radical (unpaired) electrons. The second kappa shape index (κ2) is 8.47. The van der Waals surface area contributed by atoms with Crippen LogP contribution in [0, 0.1) is 0 Å². The maximum atomic E-state index is 12.2. The third kappa shape index (κ3) is 4.92. The molecule has 0 aromatic heterocycles. The molecule has 1 heterocycles. The molecule has 4 heteroatoms. The van der Waals surface area contributed by atoms with Gasteiger partial charge in [-0.25, -0.2) is 0 Å². The summed E-state index contributed by atoms with van der Waals surface area (Å²) >= 11 is 0. The van der Waals surface area contributed by atoms with Gasteiger partial charge in [0, 0.05) is 19.4 Å². The average Bonchev–Trinajstić information content (AvgIpc) is 2.66. The summed E-state index contributed by atoms with van der Waals surface area (Å²) in [6.45, 7) is 1.11. The summed E-state index contributed by atoms with van der Waals surface area (Å²) < 4.78 is 5.76. The van der Waals surface area contributed by atoms with Gasteiger partial charge in [-0.2, -0.15) is 0 Å². The van der Waals surface area contributed by atoms with E-state index >= 15 is 0 Å². The molecule has 0 aliphatic carbocycles. The Morgan fingerprint density at radius 2 is 1.72 bits per heavy atom. The SMILES string of the molecule is O=C1CCCCN1C(=O)CCc1ccc(OCc2ccccc2)cc1. The molecule has 2 aromatic carbocycles. The molecule has 1 aliphatic heterocycles. The lowest BCUT2D eigenvalue weighted by atomic mass is 10.1. The van der Waals surface area contributed by atoms with Gasteiger partial charge in [0.25, 0.3) is 0 Å². The average molecular weight is 337 g/mol. The molecule has 0 N–H and O–H groups in total. The normalized spacial score (nSPS) is 14.4. The molecule has 130 valence electrons. The number of carbonyl (C=O) groups is 2. The van der Waals surface area contributed by atoms with Gasteiger partial charge < -0.3 is 4.74 Å². The van der Waals surface area contributed by atoms with Crippen LogP contribution in [0.5, 0.6) is 5.75 Å². The van der Waals surface area contributed by atoms with E-state index in [1.165, 1.54) is 4.90 Å². The predicted octanol–water partition coefficient (Wildman–Crippen LogP) is 3.74. The first-order valence-corrected chi connectivity index (χ1v) is 8.81. The van der Waals surface area contributed by atoms with Crippen molar-refractivity contribution in [3.05, 3.63) is 65.7 Å². The van der Waals surface area contributed by atoms with E-state index in [0.29, 0.717) is 32.4 Å². The molecule has 1 saturated heterocycles.